The SMILES string of the molecule is C[C@H]1Cn2c(=O)[nH]c3cc(N(C)C)cc(c32)CN1CC1CC1. The van der Waals surface area contributed by atoms with Gasteiger partial charge in [-0.2, -0.15) is 0 Å². The molecule has 1 saturated carbocycles. The second kappa shape index (κ2) is 4.88. The zero-order valence-corrected chi connectivity index (χ0v) is 13.6. The molecule has 2 aromatic rings. The Kier molecular flexibility index (Phi) is 3.08. The fraction of sp³-hybridized carbons (Fsp3) is 0.588. The van der Waals surface area contributed by atoms with Gasteiger partial charge in [0.25, 0.3) is 0 Å². The Morgan fingerprint density at radius 2 is 2.09 bits per heavy atom. The van der Waals surface area contributed by atoms with Gasteiger partial charge in [0.15, 0.2) is 0 Å². The van der Waals surface area contributed by atoms with Crippen molar-refractivity contribution in [2.75, 3.05) is 25.5 Å². The zero-order chi connectivity index (χ0) is 15.4. The molecular formula is C17H24N4O. The monoisotopic (exact) mass is 300 g/mol. The second-order valence-electron chi connectivity index (χ2n) is 7.16. The van der Waals surface area contributed by atoms with Gasteiger partial charge in [-0.25, -0.2) is 4.79 Å². The summed E-state index contributed by atoms with van der Waals surface area (Å²) in [6.45, 7) is 5.12. The predicted molar refractivity (Wildman–Crippen MR) is 89.5 cm³/mol. The van der Waals surface area contributed by atoms with Gasteiger partial charge in [0.1, 0.15) is 0 Å². The maximum Gasteiger partial charge on any atom is 0.326 e. The molecule has 0 spiro atoms. The molecule has 1 atom stereocenters. The van der Waals surface area contributed by atoms with Crippen molar-refractivity contribution in [1.29, 1.82) is 0 Å². The van der Waals surface area contributed by atoms with Crippen molar-refractivity contribution in [3.8, 4) is 0 Å². The molecule has 2 aliphatic rings. The van der Waals surface area contributed by atoms with E-state index < -0.39 is 0 Å². The van der Waals surface area contributed by atoms with E-state index in [4.69, 9.17) is 0 Å². The van der Waals surface area contributed by atoms with Crippen molar-refractivity contribution in [2.45, 2.75) is 38.9 Å². The van der Waals surface area contributed by atoms with E-state index in [0.29, 0.717) is 6.04 Å². The second-order valence-corrected chi connectivity index (χ2v) is 7.16. The first kappa shape index (κ1) is 13.9. The highest BCUT2D eigenvalue weighted by Crippen LogP contribution is 2.33. The van der Waals surface area contributed by atoms with Gasteiger partial charge in [-0.3, -0.25) is 9.47 Å². The highest BCUT2D eigenvalue weighted by Gasteiger charge is 2.30. The first-order chi connectivity index (χ1) is 10.5. The molecule has 4 rings (SSSR count). The number of aromatic nitrogens is 2. The Hall–Kier alpha value is -1.75. The Labute approximate surface area is 130 Å². The van der Waals surface area contributed by atoms with Crippen molar-refractivity contribution in [3.05, 3.63) is 28.2 Å². The number of aromatic amines is 1. The maximum atomic E-state index is 12.4. The maximum absolute atomic E-state index is 12.4. The average molecular weight is 300 g/mol. The van der Waals surface area contributed by atoms with Gasteiger partial charge < -0.3 is 9.88 Å². The van der Waals surface area contributed by atoms with E-state index in [-0.39, 0.29) is 5.69 Å². The summed E-state index contributed by atoms with van der Waals surface area (Å²) >= 11 is 0. The van der Waals surface area contributed by atoms with Crippen LogP contribution in [0.2, 0.25) is 0 Å². The molecule has 1 aliphatic carbocycles. The van der Waals surface area contributed by atoms with Crippen LogP contribution in [0.25, 0.3) is 11.0 Å². The lowest BCUT2D eigenvalue weighted by molar-refractivity contribution is 0.181. The van der Waals surface area contributed by atoms with E-state index in [9.17, 15) is 4.79 Å². The molecule has 1 aliphatic heterocycles. The summed E-state index contributed by atoms with van der Waals surface area (Å²) in [7, 11) is 4.09. The lowest BCUT2D eigenvalue weighted by atomic mass is 10.1. The number of hydrogen-bond donors (Lipinski definition) is 1. The zero-order valence-electron chi connectivity index (χ0n) is 13.6. The van der Waals surface area contributed by atoms with E-state index in [1.165, 1.54) is 18.4 Å². The minimum absolute atomic E-state index is 0.0206. The van der Waals surface area contributed by atoms with E-state index in [0.717, 1.165) is 42.3 Å². The van der Waals surface area contributed by atoms with Crippen LogP contribution in [0.15, 0.2) is 16.9 Å². The molecule has 118 valence electrons. The fourth-order valence-electron chi connectivity index (χ4n) is 3.56. The molecule has 0 radical (unpaired) electrons. The van der Waals surface area contributed by atoms with Crippen molar-refractivity contribution in [1.82, 2.24) is 14.5 Å². The third kappa shape index (κ3) is 2.24. The number of anilines is 1. The van der Waals surface area contributed by atoms with Crippen LogP contribution in [0.3, 0.4) is 0 Å². The number of rotatable bonds is 3. The average Bonchev–Trinajstić information content (AvgIpc) is 3.23. The Morgan fingerprint density at radius 1 is 1.32 bits per heavy atom. The van der Waals surface area contributed by atoms with Crippen LogP contribution < -0.4 is 10.6 Å². The highest BCUT2D eigenvalue weighted by molar-refractivity contribution is 5.83. The number of hydrogen-bond acceptors (Lipinski definition) is 3. The Bertz CT molecular complexity index is 769. The molecule has 1 fully saturated rings. The van der Waals surface area contributed by atoms with Crippen molar-refractivity contribution in [3.63, 3.8) is 0 Å². The first-order valence-corrected chi connectivity index (χ1v) is 8.19. The Balaban J connectivity index is 1.84. The summed E-state index contributed by atoms with van der Waals surface area (Å²) in [6.07, 6.45) is 2.73. The summed E-state index contributed by atoms with van der Waals surface area (Å²) in [6, 6.07) is 4.72. The van der Waals surface area contributed by atoms with E-state index in [1.807, 2.05) is 18.7 Å². The minimum atomic E-state index is 0.0206. The smallest absolute Gasteiger partial charge is 0.326 e. The summed E-state index contributed by atoms with van der Waals surface area (Å²) < 4.78 is 1.93. The highest BCUT2D eigenvalue weighted by atomic mass is 16.1. The number of nitrogens with one attached hydrogen (secondary N) is 1. The Morgan fingerprint density at radius 3 is 2.77 bits per heavy atom. The number of benzene rings is 1. The lowest BCUT2D eigenvalue weighted by Gasteiger charge is -2.27. The predicted octanol–water partition coefficient (Wildman–Crippen LogP) is 2.01. The molecule has 1 N–H and O–H groups in total. The molecule has 1 aromatic heterocycles. The normalized spacial score (nSPS) is 22.0. The molecule has 0 unspecified atom stereocenters. The fourth-order valence-corrected chi connectivity index (χ4v) is 3.56. The van der Waals surface area contributed by atoms with E-state index in [2.05, 4.69) is 33.8 Å². The summed E-state index contributed by atoms with van der Waals surface area (Å²) in [5.74, 6) is 0.866. The van der Waals surface area contributed by atoms with Gasteiger partial charge >= 0.3 is 5.69 Å². The summed E-state index contributed by atoms with van der Waals surface area (Å²) in [5, 5.41) is 0. The van der Waals surface area contributed by atoms with Crippen molar-refractivity contribution < 1.29 is 0 Å². The standard InChI is InChI=1S/C17H24N4O/c1-11-8-21-16-13(10-20(11)9-12-4-5-12)6-14(19(2)3)7-15(16)18-17(21)22/h6-7,11-12H,4-5,8-10H2,1-3H3,(H,18,22)/t11-/m0/s1. The van der Waals surface area contributed by atoms with E-state index >= 15 is 0 Å². The number of H-pyrrole nitrogens is 1. The quantitative estimate of drug-likeness (QED) is 0.943. The summed E-state index contributed by atoms with van der Waals surface area (Å²) in [5.41, 5.74) is 4.50. The molecule has 2 heterocycles. The van der Waals surface area contributed by atoms with Crippen LogP contribution in [0, 0.1) is 5.92 Å². The van der Waals surface area contributed by atoms with Gasteiger partial charge in [0, 0.05) is 45.5 Å². The number of imidazole rings is 1. The third-order valence-electron chi connectivity index (χ3n) is 5.08. The van der Waals surface area contributed by atoms with Gasteiger partial charge in [-0.15, -0.1) is 0 Å². The molecule has 0 saturated heterocycles. The van der Waals surface area contributed by atoms with Gasteiger partial charge in [-0.05, 0) is 43.4 Å². The molecule has 5 nitrogen and oxygen atoms in total. The minimum Gasteiger partial charge on any atom is -0.378 e. The van der Waals surface area contributed by atoms with Crippen molar-refractivity contribution >= 4 is 16.7 Å². The molecule has 0 bridgehead atoms. The van der Waals surface area contributed by atoms with Gasteiger partial charge in [-0.1, -0.05) is 0 Å². The molecule has 5 heteroatoms. The van der Waals surface area contributed by atoms with Crippen LogP contribution in [0.4, 0.5) is 5.69 Å². The molecule has 22 heavy (non-hydrogen) atoms. The van der Waals surface area contributed by atoms with Crippen LogP contribution in [0.5, 0.6) is 0 Å². The lowest BCUT2D eigenvalue weighted by Crippen LogP contribution is -2.37. The van der Waals surface area contributed by atoms with Crippen LogP contribution >= 0.6 is 0 Å². The van der Waals surface area contributed by atoms with Crippen LogP contribution in [-0.4, -0.2) is 41.1 Å². The molecule has 0 amide bonds. The largest absolute Gasteiger partial charge is 0.378 e. The molecular weight excluding hydrogens is 276 g/mol. The van der Waals surface area contributed by atoms with Gasteiger partial charge in [0.05, 0.1) is 11.0 Å². The molecule has 1 aromatic carbocycles. The first-order valence-electron chi connectivity index (χ1n) is 8.19. The summed E-state index contributed by atoms with van der Waals surface area (Å²) in [4.78, 5) is 20.0. The third-order valence-corrected chi connectivity index (χ3v) is 5.08. The number of nitrogens with zero attached hydrogens (tertiary/aromatic N) is 3. The van der Waals surface area contributed by atoms with Crippen LogP contribution in [0.1, 0.15) is 25.3 Å². The van der Waals surface area contributed by atoms with Crippen LogP contribution in [-0.2, 0) is 13.1 Å². The van der Waals surface area contributed by atoms with Crippen molar-refractivity contribution in [2.24, 2.45) is 5.92 Å². The van der Waals surface area contributed by atoms with E-state index in [1.54, 1.807) is 0 Å². The topological polar surface area (TPSA) is 44.3 Å². The van der Waals surface area contributed by atoms with Gasteiger partial charge in [0.2, 0.25) is 0 Å².